The number of carboxylic acid groups (broad SMARTS) is 1. The Morgan fingerprint density at radius 1 is 1.26 bits per heavy atom. The lowest BCUT2D eigenvalue weighted by Crippen LogP contribution is -2.48. The van der Waals surface area contributed by atoms with Gasteiger partial charge in [0, 0.05) is 12.5 Å². The van der Waals surface area contributed by atoms with Gasteiger partial charge in [0.1, 0.15) is 6.10 Å². The van der Waals surface area contributed by atoms with Gasteiger partial charge < -0.3 is 24.8 Å². The minimum absolute atomic E-state index is 0.0102. The molecule has 3 N–H and O–H groups in total. The van der Waals surface area contributed by atoms with Crippen LogP contribution in [-0.2, 0) is 14.3 Å². The van der Waals surface area contributed by atoms with Crippen molar-refractivity contribution in [2.75, 3.05) is 0 Å². The first-order chi connectivity index (χ1) is 10.9. The topological polar surface area (TPSA) is 96.2 Å². The van der Waals surface area contributed by atoms with Gasteiger partial charge in [0.25, 0.3) is 0 Å². The first-order valence-electron chi connectivity index (χ1n) is 8.46. The Morgan fingerprint density at radius 2 is 1.96 bits per heavy atom. The Kier molecular flexibility index (Phi) is 9.40. The molecule has 5 atom stereocenters. The van der Waals surface area contributed by atoms with Gasteiger partial charge in [-0.1, -0.05) is 25.3 Å². The molecule has 0 aromatic rings. The van der Waals surface area contributed by atoms with E-state index in [-0.39, 0.29) is 18.6 Å². The van der Waals surface area contributed by atoms with Crippen molar-refractivity contribution in [3.8, 4) is 0 Å². The van der Waals surface area contributed by atoms with E-state index >= 15 is 0 Å². The molecule has 0 spiro atoms. The zero-order valence-electron chi connectivity index (χ0n) is 14.1. The number of unbranched alkanes of at least 4 members (excludes halogenated alkanes) is 4. The second-order valence-corrected chi connectivity index (χ2v) is 6.26. The third-order valence-corrected chi connectivity index (χ3v) is 4.05. The second-order valence-electron chi connectivity index (χ2n) is 6.26. The van der Waals surface area contributed by atoms with Gasteiger partial charge in [0.15, 0.2) is 6.29 Å². The Morgan fingerprint density at radius 3 is 2.65 bits per heavy atom. The first-order valence-corrected chi connectivity index (χ1v) is 8.46. The van der Waals surface area contributed by atoms with Gasteiger partial charge in [-0.25, -0.2) is 4.79 Å². The Labute approximate surface area is 138 Å². The summed E-state index contributed by atoms with van der Waals surface area (Å²) >= 11 is 0. The van der Waals surface area contributed by atoms with Crippen molar-refractivity contribution in [2.24, 2.45) is 0 Å². The molecule has 1 heterocycles. The first kappa shape index (κ1) is 20.1. The summed E-state index contributed by atoms with van der Waals surface area (Å²) in [6.07, 6.45) is 6.53. The maximum absolute atomic E-state index is 10.3. The van der Waals surface area contributed by atoms with Crippen LogP contribution >= 0.6 is 0 Å². The van der Waals surface area contributed by atoms with Crippen molar-refractivity contribution in [3.05, 3.63) is 12.2 Å². The van der Waals surface area contributed by atoms with Crippen molar-refractivity contribution in [3.63, 3.8) is 0 Å². The summed E-state index contributed by atoms with van der Waals surface area (Å²) in [4.78, 5) is 10.3. The van der Waals surface area contributed by atoms with Crippen LogP contribution in [0.25, 0.3) is 0 Å². The minimum Gasteiger partial charge on any atom is -0.478 e. The van der Waals surface area contributed by atoms with Crippen LogP contribution in [0.2, 0.25) is 0 Å². The summed E-state index contributed by atoms with van der Waals surface area (Å²) in [7, 11) is 0. The number of aliphatic carboxylic acids is 1. The maximum Gasteiger partial charge on any atom is 0.327 e. The summed E-state index contributed by atoms with van der Waals surface area (Å²) in [5, 5.41) is 28.0. The quantitative estimate of drug-likeness (QED) is 0.420. The van der Waals surface area contributed by atoms with Gasteiger partial charge in [-0.2, -0.15) is 0 Å². The molecule has 1 rings (SSSR count). The molecule has 0 bridgehead atoms. The standard InChI is InChI=1S/C17H30O6/c1-12(9-7-5-3-4-6-8-10-16(20)21)22-17-15(19)11-14(18)13(2)23-17/h8,10,12-15,17-19H,3-7,9,11H2,1-2H3,(H,20,21). The maximum atomic E-state index is 10.3. The molecule has 6 heteroatoms. The van der Waals surface area contributed by atoms with Crippen LogP contribution in [0.1, 0.15) is 58.8 Å². The van der Waals surface area contributed by atoms with Gasteiger partial charge in [-0.3, -0.25) is 0 Å². The molecule has 6 nitrogen and oxygen atoms in total. The molecule has 23 heavy (non-hydrogen) atoms. The van der Waals surface area contributed by atoms with Gasteiger partial charge in [0.2, 0.25) is 0 Å². The summed E-state index contributed by atoms with van der Waals surface area (Å²) in [5.74, 6) is -0.898. The predicted octanol–water partition coefficient (Wildman–Crippen LogP) is 2.23. The van der Waals surface area contributed by atoms with Crippen LogP contribution < -0.4 is 0 Å². The largest absolute Gasteiger partial charge is 0.478 e. The molecule has 134 valence electrons. The van der Waals surface area contributed by atoms with Crippen molar-refractivity contribution >= 4 is 5.97 Å². The fourth-order valence-electron chi connectivity index (χ4n) is 2.59. The number of aliphatic hydroxyl groups excluding tert-OH is 2. The molecule has 1 aliphatic rings. The molecule has 0 aliphatic carbocycles. The molecule has 0 amide bonds. The molecule has 0 aromatic carbocycles. The molecule has 1 saturated heterocycles. The van der Waals surface area contributed by atoms with Crippen LogP contribution in [0, 0.1) is 0 Å². The van der Waals surface area contributed by atoms with Gasteiger partial charge in [0.05, 0.1) is 18.3 Å². The van der Waals surface area contributed by atoms with Gasteiger partial charge >= 0.3 is 5.97 Å². The molecule has 5 unspecified atom stereocenters. The number of carboxylic acids is 1. The van der Waals surface area contributed by atoms with E-state index in [2.05, 4.69) is 0 Å². The average molecular weight is 330 g/mol. The van der Waals surface area contributed by atoms with E-state index in [4.69, 9.17) is 14.6 Å². The Balaban J connectivity index is 2.08. The van der Waals surface area contributed by atoms with Crippen molar-refractivity contribution in [1.29, 1.82) is 0 Å². The van der Waals surface area contributed by atoms with E-state index in [1.165, 1.54) is 6.08 Å². The number of ether oxygens (including phenoxy) is 2. The van der Waals surface area contributed by atoms with E-state index in [1.807, 2.05) is 6.92 Å². The van der Waals surface area contributed by atoms with E-state index in [0.29, 0.717) is 0 Å². The average Bonchev–Trinajstić information content (AvgIpc) is 2.47. The monoisotopic (exact) mass is 330 g/mol. The third kappa shape index (κ3) is 8.46. The van der Waals surface area contributed by atoms with E-state index in [0.717, 1.165) is 38.5 Å². The molecular weight excluding hydrogens is 300 g/mol. The highest BCUT2D eigenvalue weighted by molar-refractivity contribution is 5.79. The fraction of sp³-hybridized carbons (Fsp3) is 0.824. The lowest BCUT2D eigenvalue weighted by Gasteiger charge is -2.36. The number of aliphatic hydroxyl groups is 2. The van der Waals surface area contributed by atoms with Crippen LogP contribution in [-0.4, -0.2) is 52.0 Å². The van der Waals surface area contributed by atoms with E-state index < -0.39 is 24.5 Å². The number of hydrogen-bond acceptors (Lipinski definition) is 5. The van der Waals surface area contributed by atoms with Crippen LogP contribution in [0.15, 0.2) is 12.2 Å². The SMILES string of the molecule is CC(CCCCCCC=CC(=O)O)OC1OC(C)C(O)CC1O. The summed E-state index contributed by atoms with van der Waals surface area (Å²) in [6, 6.07) is 0. The smallest absolute Gasteiger partial charge is 0.327 e. The van der Waals surface area contributed by atoms with Crippen LogP contribution in [0.4, 0.5) is 0 Å². The summed E-state index contributed by atoms with van der Waals surface area (Å²) in [5.41, 5.74) is 0. The zero-order chi connectivity index (χ0) is 17.2. The summed E-state index contributed by atoms with van der Waals surface area (Å²) in [6.45, 7) is 3.73. The molecule has 0 radical (unpaired) electrons. The number of rotatable bonds is 10. The molecular formula is C17H30O6. The van der Waals surface area contributed by atoms with E-state index in [1.54, 1.807) is 13.0 Å². The molecule has 1 fully saturated rings. The molecule has 0 saturated carbocycles. The van der Waals surface area contributed by atoms with Crippen molar-refractivity contribution < 1.29 is 29.6 Å². The highest BCUT2D eigenvalue weighted by Crippen LogP contribution is 2.23. The molecule has 1 aliphatic heterocycles. The summed E-state index contributed by atoms with van der Waals surface area (Å²) < 4.78 is 11.2. The highest BCUT2D eigenvalue weighted by atomic mass is 16.7. The van der Waals surface area contributed by atoms with E-state index in [9.17, 15) is 15.0 Å². The lowest BCUT2D eigenvalue weighted by molar-refractivity contribution is -0.273. The van der Waals surface area contributed by atoms with Gasteiger partial charge in [-0.15, -0.1) is 0 Å². The number of carbonyl (C=O) groups is 1. The Bertz CT molecular complexity index is 370. The van der Waals surface area contributed by atoms with Crippen molar-refractivity contribution in [1.82, 2.24) is 0 Å². The lowest BCUT2D eigenvalue weighted by atomic mass is 10.0. The van der Waals surface area contributed by atoms with Gasteiger partial charge in [-0.05, 0) is 33.1 Å². The van der Waals surface area contributed by atoms with Crippen LogP contribution in [0.3, 0.4) is 0 Å². The normalized spacial score (nSPS) is 29.7. The number of allylic oxidation sites excluding steroid dienone is 1. The van der Waals surface area contributed by atoms with Crippen molar-refractivity contribution in [2.45, 2.75) is 89.5 Å². The zero-order valence-corrected chi connectivity index (χ0v) is 14.1. The Hall–Kier alpha value is -0.950. The second kappa shape index (κ2) is 10.8. The predicted molar refractivity (Wildman–Crippen MR) is 86.0 cm³/mol. The third-order valence-electron chi connectivity index (χ3n) is 4.05. The number of hydrogen-bond donors (Lipinski definition) is 3. The minimum atomic E-state index is -0.898. The molecule has 0 aromatic heterocycles. The fourth-order valence-corrected chi connectivity index (χ4v) is 2.59. The van der Waals surface area contributed by atoms with Crippen LogP contribution in [0.5, 0.6) is 0 Å². The highest BCUT2D eigenvalue weighted by Gasteiger charge is 2.35.